The van der Waals surface area contributed by atoms with Crippen LogP contribution < -0.4 is 5.32 Å². The highest BCUT2D eigenvalue weighted by atomic mass is 16.3. The van der Waals surface area contributed by atoms with Gasteiger partial charge in [-0.05, 0) is 19.1 Å². The van der Waals surface area contributed by atoms with Crippen LogP contribution in [-0.4, -0.2) is 16.1 Å². The molecule has 0 saturated carbocycles. The number of rotatable bonds is 2. The molecule has 0 saturated heterocycles. The molecule has 2 aromatic rings. The Kier molecular flexibility index (Phi) is 2.06. The predicted molar refractivity (Wildman–Crippen MR) is 50.0 cm³/mol. The molecule has 0 atom stereocenters. The van der Waals surface area contributed by atoms with Gasteiger partial charge in [0.05, 0.1) is 11.9 Å². The summed E-state index contributed by atoms with van der Waals surface area (Å²) in [5, 5.41) is 8.93. The van der Waals surface area contributed by atoms with Crippen LogP contribution in [0, 0.1) is 6.92 Å². The quantitative estimate of drug-likeness (QED) is 0.756. The number of hydrogen-bond acceptors (Lipinski definition) is 3. The first kappa shape index (κ1) is 8.55. The topological polar surface area (TPSA) is 70.9 Å². The average molecular weight is 191 g/mol. The van der Waals surface area contributed by atoms with Gasteiger partial charge < -0.3 is 9.73 Å². The van der Waals surface area contributed by atoms with E-state index in [1.165, 1.54) is 6.20 Å². The second-order valence-electron chi connectivity index (χ2n) is 2.85. The average Bonchev–Trinajstić information content (AvgIpc) is 2.75. The van der Waals surface area contributed by atoms with Crippen LogP contribution in [0.5, 0.6) is 0 Å². The Morgan fingerprint density at radius 2 is 2.43 bits per heavy atom. The van der Waals surface area contributed by atoms with Crippen LogP contribution in [-0.2, 0) is 0 Å². The predicted octanol–water partition coefficient (Wildman–Crippen LogP) is 1.56. The monoisotopic (exact) mass is 191 g/mol. The molecule has 2 N–H and O–H groups in total. The van der Waals surface area contributed by atoms with Crippen LogP contribution in [0.4, 0.5) is 5.69 Å². The SMILES string of the molecule is Cc1ccc(C(=O)Nc2cn[nH]c2)o1. The fourth-order valence-electron chi connectivity index (χ4n) is 1.07. The van der Waals surface area contributed by atoms with Gasteiger partial charge in [0.15, 0.2) is 5.76 Å². The summed E-state index contributed by atoms with van der Waals surface area (Å²) >= 11 is 0. The summed E-state index contributed by atoms with van der Waals surface area (Å²) in [7, 11) is 0. The molecule has 0 unspecified atom stereocenters. The van der Waals surface area contributed by atoms with Crippen molar-refractivity contribution in [2.24, 2.45) is 0 Å². The zero-order chi connectivity index (χ0) is 9.97. The minimum atomic E-state index is -0.278. The Balaban J connectivity index is 2.10. The van der Waals surface area contributed by atoms with E-state index in [1.807, 2.05) is 0 Å². The summed E-state index contributed by atoms with van der Waals surface area (Å²) in [4.78, 5) is 11.5. The molecule has 1 amide bonds. The van der Waals surface area contributed by atoms with Gasteiger partial charge in [-0.3, -0.25) is 9.89 Å². The van der Waals surface area contributed by atoms with Crippen molar-refractivity contribution in [3.63, 3.8) is 0 Å². The Morgan fingerprint density at radius 3 is 3.00 bits per heavy atom. The second-order valence-corrected chi connectivity index (χ2v) is 2.85. The number of furan rings is 1. The molecule has 2 heterocycles. The van der Waals surface area contributed by atoms with Gasteiger partial charge in [-0.2, -0.15) is 5.10 Å². The van der Waals surface area contributed by atoms with Gasteiger partial charge in [0, 0.05) is 6.20 Å². The molecule has 0 spiro atoms. The summed E-state index contributed by atoms with van der Waals surface area (Å²) < 4.78 is 5.15. The number of H-pyrrole nitrogens is 1. The Labute approximate surface area is 80.1 Å². The highest BCUT2D eigenvalue weighted by Crippen LogP contribution is 2.09. The smallest absolute Gasteiger partial charge is 0.291 e. The molecule has 0 bridgehead atoms. The number of amides is 1. The Morgan fingerprint density at radius 1 is 1.57 bits per heavy atom. The lowest BCUT2D eigenvalue weighted by molar-refractivity contribution is 0.0995. The van der Waals surface area contributed by atoms with Crippen molar-refractivity contribution < 1.29 is 9.21 Å². The lowest BCUT2D eigenvalue weighted by Crippen LogP contribution is -2.09. The number of aryl methyl sites for hydroxylation is 1. The number of nitrogens with zero attached hydrogens (tertiary/aromatic N) is 1. The third-order valence-corrected chi connectivity index (χ3v) is 1.72. The number of aromatic amines is 1. The standard InChI is InChI=1S/C9H9N3O2/c1-6-2-3-8(14-6)9(13)12-7-4-10-11-5-7/h2-5H,1H3,(H,10,11)(H,12,13). The van der Waals surface area contributed by atoms with E-state index in [4.69, 9.17) is 4.42 Å². The molecule has 72 valence electrons. The first-order valence-corrected chi connectivity index (χ1v) is 4.12. The summed E-state index contributed by atoms with van der Waals surface area (Å²) in [5.74, 6) is 0.727. The van der Waals surface area contributed by atoms with Crippen LogP contribution in [0.15, 0.2) is 28.9 Å². The largest absolute Gasteiger partial charge is 0.456 e. The third kappa shape index (κ3) is 1.66. The van der Waals surface area contributed by atoms with Gasteiger partial charge >= 0.3 is 0 Å². The number of hydrogen-bond donors (Lipinski definition) is 2. The molecule has 0 aliphatic heterocycles. The van der Waals surface area contributed by atoms with E-state index in [1.54, 1.807) is 25.3 Å². The molecule has 0 aliphatic carbocycles. The van der Waals surface area contributed by atoms with Crippen molar-refractivity contribution >= 4 is 11.6 Å². The van der Waals surface area contributed by atoms with Crippen molar-refractivity contribution in [3.8, 4) is 0 Å². The Hall–Kier alpha value is -2.04. The molecular weight excluding hydrogens is 182 g/mol. The fraction of sp³-hybridized carbons (Fsp3) is 0.111. The molecule has 0 aliphatic rings. The lowest BCUT2D eigenvalue weighted by Gasteiger charge is -1.97. The molecule has 0 fully saturated rings. The van der Waals surface area contributed by atoms with Gasteiger partial charge in [-0.15, -0.1) is 0 Å². The van der Waals surface area contributed by atoms with Crippen LogP contribution >= 0.6 is 0 Å². The maximum Gasteiger partial charge on any atom is 0.291 e. The van der Waals surface area contributed by atoms with Crippen molar-refractivity contribution in [1.29, 1.82) is 0 Å². The van der Waals surface area contributed by atoms with Gasteiger partial charge in [0.2, 0.25) is 0 Å². The number of carbonyl (C=O) groups excluding carboxylic acids is 1. The summed E-state index contributed by atoms with van der Waals surface area (Å²) in [6.07, 6.45) is 3.11. The molecule has 14 heavy (non-hydrogen) atoms. The molecular formula is C9H9N3O2. The van der Waals surface area contributed by atoms with E-state index in [2.05, 4.69) is 15.5 Å². The normalized spacial score (nSPS) is 10.1. The zero-order valence-electron chi connectivity index (χ0n) is 7.57. The van der Waals surface area contributed by atoms with Crippen molar-refractivity contribution in [2.45, 2.75) is 6.92 Å². The first-order valence-electron chi connectivity index (χ1n) is 4.12. The van der Waals surface area contributed by atoms with Gasteiger partial charge in [0.1, 0.15) is 5.76 Å². The van der Waals surface area contributed by atoms with E-state index in [-0.39, 0.29) is 5.91 Å². The van der Waals surface area contributed by atoms with Crippen LogP contribution in [0.25, 0.3) is 0 Å². The number of aromatic nitrogens is 2. The van der Waals surface area contributed by atoms with Crippen LogP contribution in [0.3, 0.4) is 0 Å². The van der Waals surface area contributed by atoms with E-state index >= 15 is 0 Å². The third-order valence-electron chi connectivity index (χ3n) is 1.72. The van der Waals surface area contributed by atoms with E-state index in [0.717, 1.165) is 0 Å². The Bertz CT molecular complexity index is 431. The van der Waals surface area contributed by atoms with Crippen molar-refractivity contribution in [2.75, 3.05) is 5.32 Å². The minimum absolute atomic E-state index is 0.278. The zero-order valence-corrected chi connectivity index (χ0v) is 7.57. The van der Waals surface area contributed by atoms with E-state index < -0.39 is 0 Å². The number of anilines is 1. The van der Waals surface area contributed by atoms with Crippen LogP contribution in [0.1, 0.15) is 16.3 Å². The fourth-order valence-corrected chi connectivity index (χ4v) is 1.07. The van der Waals surface area contributed by atoms with Gasteiger partial charge in [0.25, 0.3) is 5.91 Å². The second kappa shape index (κ2) is 3.37. The molecule has 5 heteroatoms. The summed E-state index contributed by atoms with van der Waals surface area (Å²) in [6, 6.07) is 3.37. The molecule has 0 radical (unpaired) electrons. The van der Waals surface area contributed by atoms with Gasteiger partial charge in [-0.25, -0.2) is 0 Å². The minimum Gasteiger partial charge on any atom is -0.456 e. The van der Waals surface area contributed by atoms with Crippen molar-refractivity contribution in [1.82, 2.24) is 10.2 Å². The van der Waals surface area contributed by atoms with E-state index in [0.29, 0.717) is 17.2 Å². The molecule has 2 rings (SSSR count). The van der Waals surface area contributed by atoms with Crippen molar-refractivity contribution in [3.05, 3.63) is 36.0 Å². The first-order chi connectivity index (χ1) is 6.75. The highest BCUT2D eigenvalue weighted by Gasteiger charge is 2.09. The number of nitrogens with one attached hydrogen (secondary N) is 2. The molecule has 0 aromatic carbocycles. The maximum absolute atomic E-state index is 11.5. The summed E-state index contributed by atoms with van der Waals surface area (Å²) in [5.41, 5.74) is 0.615. The highest BCUT2D eigenvalue weighted by molar-refractivity contribution is 6.02. The lowest BCUT2D eigenvalue weighted by atomic mass is 10.4. The molecule has 5 nitrogen and oxygen atoms in total. The van der Waals surface area contributed by atoms with Crippen LogP contribution in [0.2, 0.25) is 0 Å². The van der Waals surface area contributed by atoms with E-state index in [9.17, 15) is 4.79 Å². The maximum atomic E-state index is 11.5. The van der Waals surface area contributed by atoms with Gasteiger partial charge in [-0.1, -0.05) is 0 Å². The summed E-state index contributed by atoms with van der Waals surface area (Å²) in [6.45, 7) is 1.79. The number of carbonyl (C=O) groups is 1. The molecule has 2 aromatic heterocycles.